The van der Waals surface area contributed by atoms with E-state index < -0.39 is 11.5 Å². The molecule has 3 fully saturated rings. The first-order valence-corrected chi connectivity index (χ1v) is 11.0. The molecule has 4 atom stereocenters. The van der Waals surface area contributed by atoms with Gasteiger partial charge in [0.1, 0.15) is 5.75 Å². The fourth-order valence-electron chi connectivity index (χ4n) is 5.49. The van der Waals surface area contributed by atoms with E-state index in [1.54, 1.807) is 7.11 Å². The zero-order valence-electron chi connectivity index (χ0n) is 17.8. The highest BCUT2D eigenvalue weighted by atomic mass is 16.5. The molecule has 1 spiro atoms. The zero-order valence-corrected chi connectivity index (χ0v) is 17.8. The molecule has 6 nitrogen and oxygen atoms in total. The summed E-state index contributed by atoms with van der Waals surface area (Å²) < 4.78 is 11.5. The molecule has 0 unspecified atom stereocenters. The molecule has 0 saturated carbocycles. The predicted octanol–water partition coefficient (Wildman–Crippen LogP) is 2.56. The fraction of sp³-hybridized carbons (Fsp3) is 0.440. The molecule has 31 heavy (non-hydrogen) atoms. The van der Waals surface area contributed by atoms with E-state index in [0.717, 1.165) is 30.6 Å². The van der Waals surface area contributed by atoms with E-state index in [0.29, 0.717) is 19.6 Å². The third-order valence-corrected chi connectivity index (χ3v) is 7.04. The number of methoxy groups -OCH3 is 1. The molecule has 5 rings (SSSR count). The van der Waals surface area contributed by atoms with Crippen molar-refractivity contribution in [2.24, 2.45) is 11.8 Å². The molecular weight excluding hydrogens is 392 g/mol. The second kappa shape index (κ2) is 8.00. The zero-order chi connectivity index (χ0) is 21.4. The second-order valence-corrected chi connectivity index (χ2v) is 8.82. The van der Waals surface area contributed by atoms with Gasteiger partial charge in [0.2, 0.25) is 11.8 Å². The Morgan fingerprint density at radius 1 is 1.16 bits per heavy atom. The standard InChI is InChI=1S/C25H28N2O4/c1-30-19-9-7-18(8-10-19)15-26-23(28)21-20-11-13-25(31-20)16-27(24(29)22(21)25)14-12-17-5-3-2-4-6-17/h2-10,20-22H,11-16H2,1H3,(H,26,28)/t20-,21-,22+,25+/m1/s1. The smallest absolute Gasteiger partial charge is 0.229 e. The third-order valence-electron chi connectivity index (χ3n) is 7.04. The topological polar surface area (TPSA) is 67.9 Å². The molecule has 3 saturated heterocycles. The molecular formula is C25H28N2O4. The third kappa shape index (κ3) is 3.59. The molecule has 0 radical (unpaired) electrons. The van der Waals surface area contributed by atoms with Gasteiger partial charge in [-0.25, -0.2) is 0 Å². The number of carbonyl (C=O) groups is 2. The first kappa shape index (κ1) is 20.1. The van der Waals surface area contributed by atoms with E-state index in [2.05, 4.69) is 17.4 Å². The van der Waals surface area contributed by atoms with Crippen LogP contribution in [-0.2, 0) is 27.3 Å². The van der Waals surface area contributed by atoms with Crippen molar-refractivity contribution >= 4 is 11.8 Å². The number of hydrogen-bond donors (Lipinski definition) is 1. The summed E-state index contributed by atoms with van der Waals surface area (Å²) in [4.78, 5) is 28.3. The lowest BCUT2D eigenvalue weighted by atomic mass is 9.73. The van der Waals surface area contributed by atoms with Crippen LogP contribution in [0.15, 0.2) is 54.6 Å². The molecule has 3 aliphatic rings. The Labute approximate surface area is 182 Å². The molecule has 2 aromatic rings. The van der Waals surface area contributed by atoms with Crippen LogP contribution in [0.5, 0.6) is 5.75 Å². The summed E-state index contributed by atoms with van der Waals surface area (Å²) in [5.41, 5.74) is 1.72. The number of likely N-dealkylation sites (tertiary alicyclic amines) is 1. The van der Waals surface area contributed by atoms with Crippen LogP contribution in [0.2, 0.25) is 0 Å². The van der Waals surface area contributed by atoms with Crippen molar-refractivity contribution in [3.05, 3.63) is 65.7 Å². The minimum absolute atomic E-state index is 0.0720. The molecule has 6 heteroatoms. The minimum atomic E-state index is -0.486. The number of fused-ring (bicyclic) bond motifs is 1. The number of rotatable bonds is 7. The molecule has 2 bridgehead atoms. The van der Waals surface area contributed by atoms with Gasteiger partial charge in [0.15, 0.2) is 0 Å². The lowest BCUT2D eigenvalue weighted by Crippen LogP contribution is -2.45. The maximum absolute atomic E-state index is 13.3. The van der Waals surface area contributed by atoms with Gasteiger partial charge in [-0.2, -0.15) is 0 Å². The number of nitrogens with one attached hydrogen (secondary N) is 1. The number of carbonyl (C=O) groups excluding carboxylic acids is 2. The van der Waals surface area contributed by atoms with Crippen molar-refractivity contribution in [3.63, 3.8) is 0 Å². The normalized spacial score (nSPS) is 28.6. The van der Waals surface area contributed by atoms with Gasteiger partial charge in [0.05, 0.1) is 37.2 Å². The maximum atomic E-state index is 13.3. The molecule has 0 aromatic heterocycles. The van der Waals surface area contributed by atoms with Gasteiger partial charge in [0, 0.05) is 13.1 Å². The minimum Gasteiger partial charge on any atom is -0.497 e. The van der Waals surface area contributed by atoms with Crippen molar-refractivity contribution in [1.82, 2.24) is 10.2 Å². The van der Waals surface area contributed by atoms with Crippen molar-refractivity contribution < 1.29 is 19.1 Å². The Morgan fingerprint density at radius 2 is 1.94 bits per heavy atom. The van der Waals surface area contributed by atoms with Crippen molar-refractivity contribution in [1.29, 1.82) is 0 Å². The van der Waals surface area contributed by atoms with Gasteiger partial charge in [-0.3, -0.25) is 9.59 Å². The molecule has 3 aliphatic heterocycles. The van der Waals surface area contributed by atoms with E-state index in [9.17, 15) is 9.59 Å². The average molecular weight is 421 g/mol. The van der Waals surface area contributed by atoms with Crippen LogP contribution in [-0.4, -0.2) is 48.6 Å². The summed E-state index contributed by atoms with van der Waals surface area (Å²) >= 11 is 0. The highest BCUT2D eigenvalue weighted by Crippen LogP contribution is 2.55. The molecule has 3 heterocycles. The van der Waals surface area contributed by atoms with Crippen LogP contribution in [0.1, 0.15) is 24.0 Å². The van der Waals surface area contributed by atoms with Crippen LogP contribution < -0.4 is 10.1 Å². The highest BCUT2D eigenvalue weighted by Gasteiger charge is 2.68. The first-order chi connectivity index (χ1) is 15.1. The van der Waals surface area contributed by atoms with Crippen LogP contribution in [0.25, 0.3) is 0 Å². The van der Waals surface area contributed by atoms with Crippen molar-refractivity contribution in [3.8, 4) is 5.75 Å². The Morgan fingerprint density at radius 3 is 2.68 bits per heavy atom. The van der Waals surface area contributed by atoms with Gasteiger partial charge in [0.25, 0.3) is 0 Å². The molecule has 0 aliphatic carbocycles. The van der Waals surface area contributed by atoms with E-state index in [-0.39, 0.29) is 23.8 Å². The van der Waals surface area contributed by atoms with E-state index in [1.807, 2.05) is 47.4 Å². The molecule has 162 valence electrons. The van der Waals surface area contributed by atoms with Gasteiger partial charge in [-0.15, -0.1) is 0 Å². The van der Waals surface area contributed by atoms with Crippen molar-refractivity contribution in [2.75, 3.05) is 20.2 Å². The fourth-order valence-corrected chi connectivity index (χ4v) is 5.49. The molecule has 1 N–H and O–H groups in total. The second-order valence-electron chi connectivity index (χ2n) is 8.82. The predicted molar refractivity (Wildman–Crippen MR) is 115 cm³/mol. The SMILES string of the molecule is COc1ccc(CNC(=O)[C@H]2[C@H]3C(=O)N(CCc4ccccc4)C[C@@]34CC[C@H]2O4)cc1. The lowest BCUT2D eigenvalue weighted by Gasteiger charge is -2.27. The van der Waals surface area contributed by atoms with Gasteiger partial charge in [-0.05, 0) is 42.5 Å². The highest BCUT2D eigenvalue weighted by molar-refractivity contribution is 5.92. The van der Waals surface area contributed by atoms with Crippen LogP contribution >= 0.6 is 0 Å². The van der Waals surface area contributed by atoms with Crippen molar-refractivity contribution in [2.45, 2.75) is 37.5 Å². The number of amides is 2. The summed E-state index contributed by atoms with van der Waals surface area (Å²) in [6.07, 6.45) is 2.36. The number of ether oxygens (including phenoxy) is 2. The number of nitrogens with zero attached hydrogens (tertiary/aromatic N) is 1. The Bertz CT molecular complexity index is 961. The van der Waals surface area contributed by atoms with E-state index in [1.165, 1.54) is 5.56 Å². The first-order valence-electron chi connectivity index (χ1n) is 11.0. The van der Waals surface area contributed by atoms with Crippen LogP contribution in [0.3, 0.4) is 0 Å². The van der Waals surface area contributed by atoms with Crippen LogP contribution in [0, 0.1) is 11.8 Å². The van der Waals surface area contributed by atoms with E-state index in [4.69, 9.17) is 9.47 Å². The molecule has 2 aromatic carbocycles. The van der Waals surface area contributed by atoms with E-state index >= 15 is 0 Å². The summed E-state index contributed by atoms with van der Waals surface area (Å²) in [6.45, 7) is 1.69. The maximum Gasteiger partial charge on any atom is 0.229 e. The summed E-state index contributed by atoms with van der Waals surface area (Å²) in [5.74, 6) is 0.0122. The molecule has 2 amide bonds. The van der Waals surface area contributed by atoms with Crippen LogP contribution in [0.4, 0.5) is 0 Å². The Kier molecular flexibility index (Phi) is 5.18. The Balaban J connectivity index is 1.25. The monoisotopic (exact) mass is 420 g/mol. The quantitative estimate of drug-likeness (QED) is 0.748. The summed E-state index contributed by atoms with van der Waals surface area (Å²) in [6, 6.07) is 17.8. The van der Waals surface area contributed by atoms with Gasteiger partial charge < -0.3 is 19.7 Å². The number of benzene rings is 2. The summed E-state index contributed by atoms with van der Waals surface area (Å²) in [5, 5.41) is 3.04. The Hall–Kier alpha value is -2.86. The van der Waals surface area contributed by atoms with Gasteiger partial charge >= 0.3 is 0 Å². The lowest BCUT2D eigenvalue weighted by molar-refractivity contribution is -0.138. The average Bonchev–Trinajstić information content (AvgIpc) is 3.45. The van der Waals surface area contributed by atoms with Gasteiger partial charge in [-0.1, -0.05) is 42.5 Å². The summed E-state index contributed by atoms with van der Waals surface area (Å²) in [7, 11) is 1.63. The largest absolute Gasteiger partial charge is 0.497 e. The number of hydrogen-bond acceptors (Lipinski definition) is 4.